The van der Waals surface area contributed by atoms with Gasteiger partial charge < -0.3 is 4.90 Å². The van der Waals surface area contributed by atoms with E-state index in [-0.39, 0.29) is 5.69 Å². The van der Waals surface area contributed by atoms with Gasteiger partial charge in [0.2, 0.25) is 0 Å². The smallest absolute Gasteiger partial charge is 0.348 e. The minimum Gasteiger partial charge on any atom is -0.355 e. The van der Waals surface area contributed by atoms with Crippen LogP contribution < -0.4 is 10.6 Å². The van der Waals surface area contributed by atoms with Gasteiger partial charge in [0, 0.05) is 13.1 Å². The van der Waals surface area contributed by atoms with Gasteiger partial charge in [0.05, 0.1) is 11.7 Å². The monoisotopic (exact) mass is 237 g/mol. The average Bonchev–Trinajstić information content (AvgIpc) is 2.77. The largest absolute Gasteiger partial charge is 0.355 e. The molecule has 16 heavy (non-hydrogen) atoms. The third-order valence-corrected chi connectivity index (χ3v) is 3.32. The Kier molecular flexibility index (Phi) is 2.32. The third-order valence-electron chi connectivity index (χ3n) is 2.79. The first-order valence-electron chi connectivity index (χ1n) is 5.32. The summed E-state index contributed by atoms with van der Waals surface area (Å²) < 4.78 is 8.23. The summed E-state index contributed by atoms with van der Waals surface area (Å²) in [7, 11) is 0. The topological polar surface area (TPSA) is 74.8 Å². The zero-order valence-corrected chi connectivity index (χ0v) is 9.46. The van der Waals surface area contributed by atoms with Crippen molar-refractivity contribution in [2.24, 2.45) is 0 Å². The number of hydrogen-bond donors (Lipinski definition) is 1. The summed E-state index contributed by atoms with van der Waals surface area (Å²) in [5.74, 6) is 0.687. The van der Waals surface area contributed by atoms with Gasteiger partial charge in [0.1, 0.15) is 0 Å². The summed E-state index contributed by atoms with van der Waals surface area (Å²) >= 11 is 1.10. The van der Waals surface area contributed by atoms with Gasteiger partial charge in [-0.05, 0) is 19.3 Å². The highest BCUT2D eigenvalue weighted by atomic mass is 32.1. The number of fused-ring (bicyclic) bond motifs is 1. The molecule has 2 aromatic heterocycles. The number of aromatic amines is 1. The maximum absolute atomic E-state index is 11.4. The van der Waals surface area contributed by atoms with Gasteiger partial charge in [-0.2, -0.15) is 13.7 Å². The van der Waals surface area contributed by atoms with Crippen LogP contribution in [0, 0.1) is 0 Å². The van der Waals surface area contributed by atoms with Crippen LogP contribution in [-0.4, -0.2) is 31.8 Å². The van der Waals surface area contributed by atoms with E-state index >= 15 is 0 Å². The summed E-state index contributed by atoms with van der Waals surface area (Å²) in [6, 6.07) is 0. The molecule has 1 aliphatic heterocycles. The number of H-pyrrole nitrogens is 1. The van der Waals surface area contributed by atoms with Gasteiger partial charge in [0.25, 0.3) is 0 Å². The van der Waals surface area contributed by atoms with Crippen LogP contribution >= 0.6 is 11.7 Å². The minimum absolute atomic E-state index is 0.347. The van der Waals surface area contributed by atoms with E-state index in [4.69, 9.17) is 0 Å². The van der Waals surface area contributed by atoms with Gasteiger partial charge in [-0.25, -0.2) is 4.79 Å². The molecule has 1 fully saturated rings. The van der Waals surface area contributed by atoms with Crippen molar-refractivity contribution in [1.29, 1.82) is 0 Å². The van der Waals surface area contributed by atoms with Crippen molar-refractivity contribution in [3.05, 3.63) is 10.5 Å². The second kappa shape index (κ2) is 3.82. The van der Waals surface area contributed by atoms with Crippen molar-refractivity contribution in [2.75, 3.05) is 18.0 Å². The fourth-order valence-electron chi connectivity index (χ4n) is 2.02. The van der Waals surface area contributed by atoms with E-state index in [1.807, 2.05) is 0 Å². The lowest BCUT2D eigenvalue weighted by Crippen LogP contribution is -2.32. The van der Waals surface area contributed by atoms with Gasteiger partial charge in [-0.15, -0.1) is 0 Å². The van der Waals surface area contributed by atoms with Gasteiger partial charge >= 0.3 is 5.69 Å². The molecule has 6 nitrogen and oxygen atoms in total. The van der Waals surface area contributed by atoms with Crippen LogP contribution in [0.4, 0.5) is 5.82 Å². The Morgan fingerprint density at radius 2 is 2.00 bits per heavy atom. The highest BCUT2D eigenvalue weighted by Gasteiger charge is 2.18. The predicted molar refractivity (Wildman–Crippen MR) is 61.9 cm³/mol. The molecule has 3 heterocycles. The molecule has 0 atom stereocenters. The van der Waals surface area contributed by atoms with Crippen molar-refractivity contribution in [3.8, 4) is 0 Å². The second-order valence-corrected chi connectivity index (χ2v) is 4.40. The van der Waals surface area contributed by atoms with Crippen molar-refractivity contribution in [1.82, 2.24) is 18.7 Å². The summed E-state index contributed by atoms with van der Waals surface area (Å²) in [4.78, 5) is 20.1. The summed E-state index contributed by atoms with van der Waals surface area (Å²) in [6.45, 7) is 1.89. The first-order chi connectivity index (χ1) is 7.84. The molecule has 0 bridgehead atoms. The van der Waals surface area contributed by atoms with E-state index in [0.29, 0.717) is 17.0 Å². The normalized spacial score (nSPS) is 16.9. The molecule has 0 saturated carbocycles. The van der Waals surface area contributed by atoms with Crippen LogP contribution in [0.3, 0.4) is 0 Å². The molecule has 0 unspecified atom stereocenters. The van der Waals surface area contributed by atoms with Gasteiger partial charge in [-0.1, -0.05) is 0 Å². The Morgan fingerprint density at radius 3 is 2.81 bits per heavy atom. The number of piperidine rings is 1. The zero-order valence-electron chi connectivity index (χ0n) is 8.64. The summed E-state index contributed by atoms with van der Waals surface area (Å²) in [6.07, 6.45) is 3.54. The van der Waals surface area contributed by atoms with E-state index in [1.165, 1.54) is 6.42 Å². The van der Waals surface area contributed by atoms with Crippen LogP contribution in [0.5, 0.6) is 0 Å². The van der Waals surface area contributed by atoms with Crippen molar-refractivity contribution >= 4 is 28.7 Å². The fraction of sp³-hybridized carbons (Fsp3) is 0.556. The Hall–Kier alpha value is -1.50. The maximum Gasteiger partial charge on any atom is 0.348 e. The molecule has 1 saturated heterocycles. The summed E-state index contributed by atoms with van der Waals surface area (Å²) in [5, 5.41) is 0. The Labute approximate surface area is 95.7 Å². The standard InChI is InChI=1S/C9H11N5OS/c15-9-10-7-6(12-16-13-7)8(11-9)14-4-2-1-3-5-14/h1-5H2,(H,10,13,15). The molecule has 0 aliphatic carbocycles. The van der Waals surface area contributed by atoms with Crippen LogP contribution in [0.2, 0.25) is 0 Å². The van der Waals surface area contributed by atoms with Crippen molar-refractivity contribution in [3.63, 3.8) is 0 Å². The highest BCUT2D eigenvalue weighted by Crippen LogP contribution is 2.22. The summed E-state index contributed by atoms with van der Waals surface area (Å²) in [5.41, 5.74) is 0.915. The molecule has 0 spiro atoms. The third kappa shape index (κ3) is 1.57. The molecule has 1 N–H and O–H groups in total. The highest BCUT2D eigenvalue weighted by molar-refractivity contribution is 7.00. The van der Waals surface area contributed by atoms with Crippen LogP contribution in [-0.2, 0) is 0 Å². The van der Waals surface area contributed by atoms with Crippen LogP contribution in [0.25, 0.3) is 11.2 Å². The van der Waals surface area contributed by atoms with Gasteiger partial charge in [0.15, 0.2) is 17.0 Å². The number of aromatic nitrogens is 4. The first-order valence-corrected chi connectivity index (χ1v) is 6.05. The predicted octanol–water partition coefficient (Wildman–Crippen LogP) is 0.765. The Morgan fingerprint density at radius 1 is 1.19 bits per heavy atom. The van der Waals surface area contributed by atoms with Crippen LogP contribution in [0.1, 0.15) is 19.3 Å². The molecule has 84 valence electrons. The van der Waals surface area contributed by atoms with E-state index < -0.39 is 0 Å². The molecule has 0 amide bonds. The Balaban J connectivity index is 2.13. The number of nitrogens with zero attached hydrogens (tertiary/aromatic N) is 4. The Bertz CT molecular complexity index is 556. The lowest BCUT2D eigenvalue weighted by atomic mass is 10.1. The number of nitrogens with one attached hydrogen (secondary N) is 1. The van der Waals surface area contributed by atoms with Gasteiger partial charge in [-0.3, -0.25) is 4.98 Å². The molecule has 0 radical (unpaired) electrons. The molecule has 3 rings (SSSR count). The number of anilines is 1. The van der Waals surface area contributed by atoms with E-state index in [2.05, 4.69) is 23.6 Å². The zero-order chi connectivity index (χ0) is 11.0. The van der Waals surface area contributed by atoms with Crippen molar-refractivity contribution in [2.45, 2.75) is 19.3 Å². The van der Waals surface area contributed by atoms with E-state index in [1.54, 1.807) is 0 Å². The van der Waals surface area contributed by atoms with E-state index in [9.17, 15) is 4.79 Å². The molecule has 2 aromatic rings. The molecular formula is C9H11N5OS. The molecule has 1 aliphatic rings. The SMILES string of the molecule is O=c1nc(N2CCCCC2)c2nsnc2[nH]1. The lowest BCUT2D eigenvalue weighted by molar-refractivity contribution is 0.574. The number of rotatable bonds is 1. The average molecular weight is 237 g/mol. The molecular weight excluding hydrogens is 226 g/mol. The number of hydrogen-bond acceptors (Lipinski definition) is 6. The first kappa shape index (κ1) is 9.71. The molecule has 7 heteroatoms. The van der Waals surface area contributed by atoms with Crippen molar-refractivity contribution < 1.29 is 0 Å². The minimum atomic E-state index is -0.347. The second-order valence-electron chi connectivity index (χ2n) is 3.87. The fourth-order valence-corrected chi connectivity index (χ4v) is 2.53. The molecule has 0 aromatic carbocycles. The van der Waals surface area contributed by atoms with E-state index in [0.717, 1.165) is 37.7 Å². The van der Waals surface area contributed by atoms with Crippen LogP contribution in [0.15, 0.2) is 4.79 Å². The maximum atomic E-state index is 11.4. The quantitative estimate of drug-likeness (QED) is 0.792. The lowest BCUT2D eigenvalue weighted by Gasteiger charge is -2.27.